The van der Waals surface area contributed by atoms with Crippen molar-refractivity contribution < 1.29 is 20.1 Å². The first-order chi connectivity index (χ1) is 17.5. The molecule has 0 spiro atoms. The second kappa shape index (κ2) is 34.4. The molecule has 0 bridgehead atoms. The van der Waals surface area contributed by atoms with Crippen LogP contribution in [0.3, 0.4) is 0 Å². The molecule has 0 saturated heterocycles. The van der Waals surface area contributed by atoms with E-state index in [-0.39, 0.29) is 12.7 Å². The van der Waals surface area contributed by atoms with E-state index in [1.165, 1.54) is 148 Å². The summed E-state index contributed by atoms with van der Waals surface area (Å²) in [7, 11) is 0. The quantitative estimate of drug-likeness (QED) is 0.0907. The summed E-state index contributed by atoms with van der Waals surface area (Å²) in [5, 5.41) is 25.1. The number of hydrogen-bond acceptors (Lipinski definition) is 3. The lowest BCUT2D eigenvalue weighted by Crippen LogP contribution is -2.00. The highest BCUT2D eigenvalue weighted by Gasteiger charge is 1.98. The second-order valence-corrected chi connectivity index (χ2v) is 11.0. The van der Waals surface area contributed by atoms with E-state index in [0.29, 0.717) is 12.8 Å². The van der Waals surface area contributed by atoms with E-state index in [2.05, 4.69) is 6.92 Å². The highest BCUT2D eigenvalue weighted by molar-refractivity contribution is 5.66. The van der Waals surface area contributed by atoms with E-state index in [1.807, 2.05) is 0 Å². The van der Waals surface area contributed by atoms with Gasteiger partial charge in [-0.1, -0.05) is 161 Å². The van der Waals surface area contributed by atoms with Crippen molar-refractivity contribution in [2.75, 3.05) is 6.61 Å². The summed E-state index contributed by atoms with van der Waals surface area (Å²) in [5.41, 5.74) is 0. The molecule has 218 valence electrons. The van der Waals surface area contributed by atoms with Gasteiger partial charge in [0.1, 0.15) is 0 Å². The van der Waals surface area contributed by atoms with E-state index < -0.39 is 5.97 Å². The molecule has 0 aliphatic heterocycles. The number of carboxylic acids is 1. The Labute approximate surface area is 226 Å². The Kier molecular flexibility index (Phi) is 35.9. The van der Waals surface area contributed by atoms with Gasteiger partial charge in [-0.3, -0.25) is 4.79 Å². The van der Waals surface area contributed by atoms with Gasteiger partial charge in [0.05, 0.1) is 6.10 Å². The lowest BCUT2D eigenvalue weighted by atomic mass is 10.0. The minimum Gasteiger partial charge on any atom is -0.481 e. The van der Waals surface area contributed by atoms with Gasteiger partial charge >= 0.3 is 5.97 Å². The predicted octanol–water partition coefficient (Wildman–Crippen LogP) is 9.98. The molecule has 0 aromatic carbocycles. The number of aliphatic hydroxyl groups excluding tert-OH is 2. The lowest BCUT2D eigenvalue weighted by Gasteiger charge is -2.04. The average molecular weight is 515 g/mol. The van der Waals surface area contributed by atoms with Crippen LogP contribution < -0.4 is 0 Å². The normalized spacial score (nSPS) is 11.8. The number of carboxylic acid groups (broad SMARTS) is 1. The monoisotopic (exact) mass is 514 g/mol. The molecule has 4 nitrogen and oxygen atoms in total. The summed E-state index contributed by atoms with van der Waals surface area (Å²) in [6, 6.07) is 0. The van der Waals surface area contributed by atoms with E-state index >= 15 is 0 Å². The molecule has 1 atom stereocenters. The fourth-order valence-corrected chi connectivity index (χ4v) is 4.60. The van der Waals surface area contributed by atoms with Crippen molar-refractivity contribution in [3.05, 3.63) is 0 Å². The molecule has 0 rings (SSSR count). The molecule has 1 unspecified atom stereocenters. The second-order valence-electron chi connectivity index (χ2n) is 11.0. The molecule has 0 aliphatic rings. The first-order valence-electron chi connectivity index (χ1n) is 16.0. The van der Waals surface area contributed by atoms with E-state index in [0.717, 1.165) is 12.8 Å². The van der Waals surface area contributed by atoms with Gasteiger partial charge in [-0.25, -0.2) is 0 Å². The number of carbonyl (C=O) groups is 1. The standard InChI is InChI=1S/C28H56O2.C4H10O2/c1-2-3-4-5-6-7-8-9-10-11-12-13-14-15-16-17-18-19-20-21-22-23-24-25-26-27-28(29)30;1-4(6)2-3-5/h2-27H2,1H3,(H,29,30);4-6H,2-3H2,1H3. The molecule has 36 heavy (non-hydrogen) atoms. The van der Waals surface area contributed by atoms with Gasteiger partial charge in [0, 0.05) is 13.0 Å². The smallest absolute Gasteiger partial charge is 0.303 e. The average Bonchev–Trinajstić information content (AvgIpc) is 2.84. The van der Waals surface area contributed by atoms with Crippen molar-refractivity contribution in [3.63, 3.8) is 0 Å². The van der Waals surface area contributed by atoms with E-state index in [1.54, 1.807) is 6.92 Å². The third-order valence-electron chi connectivity index (χ3n) is 7.04. The van der Waals surface area contributed by atoms with Crippen LogP contribution in [0, 0.1) is 0 Å². The highest BCUT2D eigenvalue weighted by Crippen LogP contribution is 2.15. The van der Waals surface area contributed by atoms with Crippen LogP contribution in [0.1, 0.15) is 187 Å². The maximum atomic E-state index is 10.4. The van der Waals surface area contributed by atoms with Crippen LogP contribution in [0.15, 0.2) is 0 Å². The SMILES string of the molecule is CC(O)CCO.CCCCCCCCCCCCCCCCCCCCCCCCCCCC(=O)O. The van der Waals surface area contributed by atoms with Crippen LogP contribution in [0.25, 0.3) is 0 Å². The number of hydrogen-bond donors (Lipinski definition) is 3. The van der Waals surface area contributed by atoms with Crippen molar-refractivity contribution in [1.82, 2.24) is 0 Å². The van der Waals surface area contributed by atoms with Gasteiger partial charge in [-0.2, -0.15) is 0 Å². The van der Waals surface area contributed by atoms with Gasteiger partial charge in [0.25, 0.3) is 0 Å². The Hall–Kier alpha value is -0.610. The third kappa shape index (κ3) is 40.6. The molecule has 0 heterocycles. The molecule has 0 aromatic heterocycles. The molecular formula is C32H66O4. The highest BCUT2D eigenvalue weighted by atomic mass is 16.4. The number of unbranched alkanes of at least 4 members (excludes halogenated alkanes) is 24. The fourth-order valence-electron chi connectivity index (χ4n) is 4.60. The van der Waals surface area contributed by atoms with Crippen molar-refractivity contribution in [2.45, 2.75) is 193 Å². The first kappa shape index (κ1) is 37.5. The van der Waals surface area contributed by atoms with Crippen LogP contribution >= 0.6 is 0 Å². The van der Waals surface area contributed by atoms with Crippen LogP contribution in [0.4, 0.5) is 0 Å². The van der Waals surface area contributed by atoms with Crippen molar-refractivity contribution in [3.8, 4) is 0 Å². The molecule has 0 aromatic rings. The number of rotatable bonds is 28. The van der Waals surface area contributed by atoms with Crippen molar-refractivity contribution in [1.29, 1.82) is 0 Å². The van der Waals surface area contributed by atoms with Crippen LogP contribution in [-0.2, 0) is 4.79 Å². The zero-order valence-corrected chi connectivity index (χ0v) is 24.6. The van der Waals surface area contributed by atoms with Gasteiger partial charge < -0.3 is 15.3 Å². The van der Waals surface area contributed by atoms with Gasteiger partial charge in [-0.15, -0.1) is 0 Å². The molecule has 0 fully saturated rings. The Bertz CT molecular complexity index is 398. The zero-order chi connectivity index (χ0) is 27.0. The molecule has 4 heteroatoms. The minimum absolute atomic E-state index is 0.0810. The summed E-state index contributed by atoms with van der Waals surface area (Å²) in [4.78, 5) is 10.4. The Morgan fingerprint density at radius 2 is 0.778 bits per heavy atom. The minimum atomic E-state index is -0.649. The summed E-state index contributed by atoms with van der Waals surface area (Å²) in [6.07, 6.45) is 35.1. The first-order valence-corrected chi connectivity index (χ1v) is 16.0. The lowest BCUT2D eigenvalue weighted by molar-refractivity contribution is -0.137. The molecule has 3 N–H and O–H groups in total. The number of aliphatic hydroxyl groups is 2. The Morgan fingerprint density at radius 3 is 0.944 bits per heavy atom. The van der Waals surface area contributed by atoms with Gasteiger partial charge in [0.15, 0.2) is 0 Å². The topological polar surface area (TPSA) is 77.8 Å². The molecule has 0 saturated carbocycles. The zero-order valence-electron chi connectivity index (χ0n) is 24.6. The summed E-state index contributed by atoms with van der Waals surface area (Å²) >= 11 is 0. The van der Waals surface area contributed by atoms with Crippen molar-refractivity contribution in [2.24, 2.45) is 0 Å². The van der Waals surface area contributed by atoms with Gasteiger partial charge in [0.2, 0.25) is 0 Å². The van der Waals surface area contributed by atoms with E-state index in [4.69, 9.17) is 15.3 Å². The molecule has 0 amide bonds. The van der Waals surface area contributed by atoms with Gasteiger partial charge in [-0.05, 0) is 19.8 Å². The summed E-state index contributed by atoms with van der Waals surface area (Å²) in [6.45, 7) is 4.02. The maximum absolute atomic E-state index is 10.4. The summed E-state index contributed by atoms with van der Waals surface area (Å²) < 4.78 is 0. The molecule has 0 radical (unpaired) electrons. The summed E-state index contributed by atoms with van der Waals surface area (Å²) in [5.74, 6) is -0.649. The number of aliphatic carboxylic acids is 1. The van der Waals surface area contributed by atoms with Crippen molar-refractivity contribution >= 4 is 5.97 Å². The fraction of sp³-hybridized carbons (Fsp3) is 0.969. The van der Waals surface area contributed by atoms with Crippen LogP contribution in [0.2, 0.25) is 0 Å². The predicted molar refractivity (Wildman–Crippen MR) is 157 cm³/mol. The van der Waals surface area contributed by atoms with Crippen LogP contribution in [0.5, 0.6) is 0 Å². The third-order valence-corrected chi connectivity index (χ3v) is 7.04. The largest absolute Gasteiger partial charge is 0.481 e. The van der Waals surface area contributed by atoms with Crippen LogP contribution in [-0.4, -0.2) is 34.0 Å². The molecule has 0 aliphatic carbocycles. The maximum Gasteiger partial charge on any atom is 0.303 e. The Balaban J connectivity index is 0. The van der Waals surface area contributed by atoms with E-state index in [9.17, 15) is 4.79 Å². The Morgan fingerprint density at radius 1 is 0.528 bits per heavy atom. The molecular weight excluding hydrogens is 448 g/mol.